The first-order valence-electron chi connectivity index (χ1n) is 12.3. The molecule has 3 heterocycles. The Balaban J connectivity index is 1.33. The molecule has 9 heteroatoms. The minimum absolute atomic E-state index is 0.0280. The highest BCUT2D eigenvalue weighted by Gasteiger charge is 2.22. The largest absolute Gasteiger partial charge is 0.354 e. The first-order chi connectivity index (χ1) is 17.5. The van der Waals surface area contributed by atoms with E-state index < -0.39 is 0 Å². The molecule has 0 unspecified atom stereocenters. The van der Waals surface area contributed by atoms with Crippen molar-refractivity contribution in [2.24, 2.45) is 18.7 Å². The van der Waals surface area contributed by atoms with Crippen molar-refractivity contribution in [1.29, 1.82) is 0 Å². The average molecular weight is 485 g/mol. The second-order valence-electron chi connectivity index (χ2n) is 9.29. The topological polar surface area (TPSA) is 105 Å². The van der Waals surface area contributed by atoms with Crippen LogP contribution in [0.1, 0.15) is 12.8 Å². The number of nitrogens with one attached hydrogen (secondary N) is 1. The molecule has 0 spiro atoms. The SMILES string of the molecule is CN(c1cc(-c2ccccc2)c2ncn(C)c2c1)c1ccnc(NCC2CCN(C(=O)CN)CC2)n1. The lowest BCUT2D eigenvalue weighted by Crippen LogP contribution is -2.42. The number of imidazole rings is 1. The molecular formula is C27H32N8O. The lowest BCUT2D eigenvalue weighted by molar-refractivity contribution is -0.130. The molecule has 186 valence electrons. The van der Waals surface area contributed by atoms with Crippen LogP contribution in [0, 0.1) is 5.92 Å². The van der Waals surface area contributed by atoms with Gasteiger partial charge in [-0.25, -0.2) is 9.97 Å². The highest BCUT2D eigenvalue weighted by Crippen LogP contribution is 2.34. The molecule has 0 aliphatic carbocycles. The number of aryl methyl sites for hydroxylation is 1. The molecule has 5 rings (SSSR count). The summed E-state index contributed by atoms with van der Waals surface area (Å²) in [5.41, 5.74) is 10.8. The summed E-state index contributed by atoms with van der Waals surface area (Å²) in [5, 5.41) is 3.40. The van der Waals surface area contributed by atoms with Crippen LogP contribution in [0.4, 0.5) is 17.5 Å². The van der Waals surface area contributed by atoms with Gasteiger partial charge in [0, 0.05) is 51.2 Å². The van der Waals surface area contributed by atoms with Crippen molar-refractivity contribution in [2.45, 2.75) is 12.8 Å². The summed E-state index contributed by atoms with van der Waals surface area (Å²) in [6.45, 7) is 2.37. The van der Waals surface area contributed by atoms with Gasteiger partial charge in [0.05, 0.1) is 23.9 Å². The number of rotatable bonds is 7. The Hall–Kier alpha value is -3.98. The van der Waals surface area contributed by atoms with Crippen LogP contribution in [0.2, 0.25) is 0 Å². The predicted molar refractivity (Wildman–Crippen MR) is 143 cm³/mol. The average Bonchev–Trinajstić information content (AvgIpc) is 3.32. The third-order valence-corrected chi connectivity index (χ3v) is 6.96. The van der Waals surface area contributed by atoms with Crippen LogP contribution in [-0.2, 0) is 11.8 Å². The molecule has 1 fully saturated rings. The number of carbonyl (C=O) groups is 1. The molecule has 1 aliphatic rings. The minimum Gasteiger partial charge on any atom is -0.354 e. The molecule has 4 aromatic rings. The zero-order chi connectivity index (χ0) is 25.1. The Labute approximate surface area is 211 Å². The number of aromatic nitrogens is 4. The van der Waals surface area contributed by atoms with Gasteiger partial charge in [-0.15, -0.1) is 0 Å². The molecule has 2 aromatic heterocycles. The molecule has 9 nitrogen and oxygen atoms in total. The Morgan fingerprint density at radius 1 is 1.14 bits per heavy atom. The summed E-state index contributed by atoms with van der Waals surface area (Å²) in [5.74, 6) is 1.90. The first kappa shape index (κ1) is 23.7. The molecule has 2 aromatic carbocycles. The zero-order valence-corrected chi connectivity index (χ0v) is 20.8. The van der Waals surface area contributed by atoms with Crippen LogP contribution in [0.5, 0.6) is 0 Å². The summed E-state index contributed by atoms with van der Waals surface area (Å²) in [4.78, 5) is 29.6. The third-order valence-electron chi connectivity index (χ3n) is 6.96. The number of likely N-dealkylation sites (tertiary alicyclic amines) is 1. The van der Waals surface area contributed by atoms with E-state index in [1.807, 2.05) is 54.2 Å². The van der Waals surface area contributed by atoms with Gasteiger partial charge in [0.1, 0.15) is 5.82 Å². The second kappa shape index (κ2) is 10.3. The van der Waals surface area contributed by atoms with Gasteiger partial charge in [-0.05, 0) is 42.5 Å². The van der Waals surface area contributed by atoms with Crippen LogP contribution in [0.15, 0.2) is 61.1 Å². The Morgan fingerprint density at radius 3 is 2.67 bits per heavy atom. The number of hydrogen-bond acceptors (Lipinski definition) is 7. The standard InChI is InChI=1S/C27H32N8O/c1-33-18-31-26-22(20-6-4-3-5-7-20)14-21(15-23(26)33)34(2)24-8-11-29-27(32-24)30-17-19-9-12-35(13-10-19)25(36)16-28/h3-8,11,14-15,18-19H,9-10,12-13,16-17,28H2,1-2H3,(H,29,30,32). The fourth-order valence-electron chi connectivity index (χ4n) is 4.75. The smallest absolute Gasteiger partial charge is 0.236 e. The van der Waals surface area contributed by atoms with E-state index in [1.54, 1.807) is 6.20 Å². The quantitative estimate of drug-likeness (QED) is 0.414. The summed E-state index contributed by atoms with van der Waals surface area (Å²) >= 11 is 0. The maximum Gasteiger partial charge on any atom is 0.236 e. The molecule has 0 radical (unpaired) electrons. The van der Waals surface area contributed by atoms with E-state index in [1.165, 1.54) is 0 Å². The molecule has 1 saturated heterocycles. The van der Waals surface area contributed by atoms with Crippen LogP contribution in [0.3, 0.4) is 0 Å². The number of fused-ring (bicyclic) bond motifs is 1. The van der Waals surface area contributed by atoms with Crippen LogP contribution < -0.4 is 16.0 Å². The highest BCUT2D eigenvalue weighted by molar-refractivity contribution is 5.95. The van der Waals surface area contributed by atoms with Crippen molar-refractivity contribution in [3.05, 3.63) is 61.1 Å². The van der Waals surface area contributed by atoms with E-state index in [9.17, 15) is 4.79 Å². The van der Waals surface area contributed by atoms with E-state index in [-0.39, 0.29) is 12.5 Å². The molecule has 1 amide bonds. The minimum atomic E-state index is 0.0280. The molecule has 3 N–H and O–H groups in total. The number of amides is 1. The zero-order valence-electron chi connectivity index (χ0n) is 20.8. The van der Waals surface area contributed by atoms with E-state index >= 15 is 0 Å². The maximum absolute atomic E-state index is 11.8. The number of piperidine rings is 1. The van der Waals surface area contributed by atoms with Crippen molar-refractivity contribution in [1.82, 2.24) is 24.4 Å². The summed E-state index contributed by atoms with van der Waals surface area (Å²) in [6.07, 6.45) is 5.53. The Bertz CT molecular complexity index is 1340. The lowest BCUT2D eigenvalue weighted by Gasteiger charge is -2.31. The van der Waals surface area contributed by atoms with Gasteiger partial charge >= 0.3 is 0 Å². The van der Waals surface area contributed by atoms with Crippen molar-refractivity contribution in [2.75, 3.05) is 43.4 Å². The lowest BCUT2D eigenvalue weighted by atomic mass is 9.97. The number of benzene rings is 2. The fourth-order valence-corrected chi connectivity index (χ4v) is 4.75. The monoisotopic (exact) mass is 484 g/mol. The Kier molecular flexibility index (Phi) is 6.81. The molecule has 0 bridgehead atoms. The maximum atomic E-state index is 11.8. The second-order valence-corrected chi connectivity index (χ2v) is 9.29. The molecule has 0 saturated carbocycles. The number of nitrogens with zero attached hydrogens (tertiary/aromatic N) is 6. The normalized spacial score (nSPS) is 14.2. The van der Waals surface area contributed by atoms with Crippen LogP contribution in [0.25, 0.3) is 22.2 Å². The summed E-state index contributed by atoms with van der Waals surface area (Å²) in [7, 11) is 4.03. The van der Waals surface area contributed by atoms with E-state index in [0.29, 0.717) is 11.9 Å². The van der Waals surface area contributed by atoms with Crippen molar-refractivity contribution >= 4 is 34.4 Å². The highest BCUT2D eigenvalue weighted by atomic mass is 16.2. The van der Waals surface area contributed by atoms with Crippen LogP contribution >= 0.6 is 0 Å². The number of anilines is 3. The van der Waals surface area contributed by atoms with Gasteiger partial charge in [0.25, 0.3) is 0 Å². The predicted octanol–water partition coefficient (Wildman–Crippen LogP) is 3.41. The first-order valence-corrected chi connectivity index (χ1v) is 12.3. The molecular weight excluding hydrogens is 452 g/mol. The van der Waals surface area contributed by atoms with Gasteiger partial charge in [-0.1, -0.05) is 30.3 Å². The van der Waals surface area contributed by atoms with Crippen molar-refractivity contribution in [3.63, 3.8) is 0 Å². The molecule has 36 heavy (non-hydrogen) atoms. The molecule has 1 aliphatic heterocycles. The fraction of sp³-hybridized carbons (Fsp3) is 0.333. The summed E-state index contributed by atoms with van der Waals surface area (Å²) in [6, 6.07) is 16.5. The Morgan fingerprint density at radius 2 is 1.92 bits per heavy atom. The van der Waals surface area contributed by atoms with Crippen LogP contribution in [-0.4, -0.2) is 63.6 Å². The number of nitrogens with two attached hydrogens (primary N) is 1. The van der Waals surface area contributed by atoms with Crippen molar-refractivity contribution < 1.29 is 4.79 Å². The van der Waals surface area contributed by atoms with E-state index in [0.717, 1.165) is 66.1 Å². The third kappa shape index (κ3) is 4.87. The number of carbonyl (C=O) groups excluding carboxylic acids is 1. The van der Waals surface area contributed by atoms with E-state index in [2.05, 4.69) is 44.5 Å². The van der Waals surface area contributed by atoms with Gasteiger partial charge < -0.3 is 25.4 Å². The van der Waals surface area contributed by atoms with E-state index in [4.69, 9.17) is 10.7 Å². The van der Waals surface area contributed by atoms with Crippen molar-refractivity contribution in [3.8, 4) is 11.1 Å². The van der Waals surface area contributed by atoms with Gasteiger partial charge in [0.15, 0.2) is 0 Å². The number of hydrogen-bond donors (Lipinski definition) is 2. The molecule has 0 atom stereocenters. The van der Waals surface area contributed by atoms with Gasteiger partial charge in [0.2, 0.25) is 11.9 Å². The van der Waals surface area contributed by atoms with Gasteiger partial charge in [-0.2, -0.15) is 4.98 Å². The summed E-state index contributed by atoms with van der Waals surface area (Å²) < 4.78 is 2.04. The van der Waals surface area contributed by atoms with Gasteiger partial charge in [-0.3, -0.25) is 4.79 Å².